The molecule has 0 heterocycles. The SMILES string of the molecule is C=Cc1ccc(Oc2ccc(C3(c4cc(F)c(F)c(F)c4)c4ccccc4-c4ccc(N(c5ccc(F)cc5)c5ccc(-c6ccc(N(c7ccc(F)cc7)c7ccc8c(c7)C(c7ccc(Oc9ccc(C=C)cc9)cc7)(c7cc(F)c(F)c(F)c7)c7ccccc7-8)cc6)cc5)cc43)cc2)cc1. The van der Waals surface area contributed by atoms with Crippen molar-refractivity contribution in [3.05, 3.63) is 419 Å². The van der Waals surface area contributed by atoms with Crippen molar-refractivity contribution in [2.24, 2.45) is 0 Å². The van der Waals surface area contributed by atoms with Gasteiger partial charge >= 0.3 is 0 Å². The third-order valence-corrected chi connectivity index (χ3v) is 19.4. The van der Waals surface area contributed by atoms with E-state index in [-0.39, 0.29) is 11.1 Å². The van der Waals surface area contributed by atoms with E-state index in [4.69, 9.17) is 9.47 Å². The van der Waals surface area contributed by atoms with Crippen LogP contribution in [0.25, 0.3) is 45.5 Å². The lowest BCUT2D eigenvalue weighted by Crippen LogP contribution is -2.29. The van der Waals surface area contributed by atoms with E-state index >= 15 is 26.3 Å². The number of rotatable bonds is 17. The van der Waals surface area contributed by atoms with Crippen molar-refractivity contribution >= 4 is 46.3 Å². The van der Waals surface area contributed by atoms with E-state index in [0.29, 0.717) is 90.5 Å². The van der Waals surface area contributed by atoms with Crippen molar-refractivity contribution in [1.29, 1.82) is 0 Å². The minimum atomic E-state index is -1.60. The van der Waals surface area contributed by atoms with Crippen molar-refractivity contribution in [3.8, 4) is 56.4 Å². The molecule has 0 saturated carbocycles. The Morgan fingerprint density at radius 1 is 0.265 bits per heavy atom. The molecule has 0 N–H and O–H groups in total. The van der Waals surface area contributed by atoms with Crippen LogP contribution in [0.5, 0.6) is 23.0 Å². The van der Waals surface area contributed by atoms with Gasteiger partial charge in [0.1, 0.15) is 34.6 Å². The second kappa shape index (κ2) is 25.8. The number of nitrogens with zero attached hydrogens (tertiary/aromatic N) is 2. The van der Waals surface area contributed by atoms with Crippen LogP contribution in [0.3, 0.4) is 0 Å². The molecule has 2 unspecified atom stereocenters. The van der Waals surface area contributed by atoms with Crippen molar-refractivity contribution in [3.63, 3.8) is 0 Å². The predicted molar refractivity (Wildman–Crippen MR) is 389 cm³/mol. The van der Waals surface area contributed by atoms with Crippen molar-refractivity contribution in [2.75, 3.05) is 9.80 Å². The normalized spacial score (nSPS) is 14.6. The van der Waals surface area contributed by atoms with E-state index in [1.165, 1.54) is 24.3 Å². The van der Waals surface area contributed by atoms with E-state index in [1.54, 1.807) is 60.7 Å². The first-order chi connectivity index (χ1) is 49.7. The monoisotopic (exact) mass is 1350 g/mol. The Balaban J connectivity index is 0.777. The molecule has 0 radical (unpaired) electrons. The second-order valence-corrected chi connectivity index (χ2v) is 25.1. The van der Waals surface area contributed by atoms with Crippen LogP contribution in [0, 0.1) is 46.5 Å². The maximum atomic E-state index is 15.9. The molecule has 12 heteroatoms. The Morgan fingerprint density at radius 2 is 0.549 bits per heavy atom. The van der Waals surface area contributed by atoms with Gasteiger partial charge < -0.3 is 19.3 Å². The topological polar surface area (TPSA) is 24.9 Å². The third-order valence-electron chi connectivity index (χ3n) is 19.4. The summed E-state index contributed by atoms with van der Waals surface area (Å²) in [5.74, 6) is -7.33. The number of hydrogen-bond acceptors (Lipinski definition) is 4. The predicted octanol–water partition coefficient (Wildman–Crippen LogP) is 25.0. The van der Waals surface area contributed by atoms with E-state index in [0.717, 1.165) is 68.8 Å². The lowest BCUT2D eigenvalue weighted by atomic mass is 9.67. The summed E-state index contributed by atoms with van der Waals surface area (Å²) in [6.07, 6.45) is 3.47. The summed E-state index contributed by atoms with van der Waals surface area (Å²) in [6.45, 7) is 7.68. The van der Waals surface area contributed by atoms with Gasteiger partial charge in [-0.05, 0) is 259 Å². The molecule has 0 aromatic heterocycles. The van der Waals surface area contributed by atoms with E-state index in [2.05, 4.69) is 13.2 Å². The maximum Gasteiger partial charge on any atom is 0.194 e. The average molecular weight is 1350 g/mol. The Morgan fingerprint density at radius 3 is 0.873 bits per heavy atom. The fourth-order valence-electron chi connectivity index (χ4n) is 14.8. The zero-order valence-corrected chi connectivity index (χ0v) is 54.2. The van der Waals surface area contributed by atoms with Gasteiger partial charge in [-0.3, -0.25) is 0 Å². The zero-order valence-electron chi connectivity index (χ0n) is 54.2. The summed E-state index contributed by atoms with van der Waals surface area (Å²) < 4.78 is 136. The highest BCUT2D eigenvalue weighted by Gasteiger charge is 2.49. The first kappa shape index (κ1) is 63.9. The van der Waals surface area contributed by atoms with Crippen molar-refractivity contribution in [1.82, 2.24) is 0 Å². The van der Waals surface area contributed by atoms with Gasteiger partial charge in [-0.25, -0.2) is 35.1 Å². The summed E-state index contributed by atoms with van der Waals surface area (Å²) in [5.41, 5.74) is 11.7. The van der Waals surface area contributed by atoms with Crippen LogP contribution in [-0.4, -0.2) is 0 Å². The molecule has 2 aliphatic rings. The molecule has 0 bridgehead atoms. The molecule has 2 atom stereocenters. The molecule has 494 valence electrons. The van der Waals surface area contributed by atoms with Gasteiger partial charge in [-0.15, -0.1) is 0 Å². The number of fused-ring (bicyclic) bond motifs is 6. The molecule has 0 saturated heterocycles. The van der Waals surface area contributed by atoms with Crippen LogP contribution in [0.4, 0.5) is 69.2 Å². The summed E-state index contributed by atoms with van der Waals surface area (Å²) in [7, 11) is 0. The summed E-state index contributed by atoms with van der Waals surface area (Å²) in [4.78, 5) is 3.92. The molecule has 2 aliphatic carbocycles. The summed E-state index contributed by atoms with van der Waals surface area (Å²) >= 11 is 0. The fraction of sp³-hybridized carbons (Fsp3) is 0.0222. The Bertz CT molecular complexity index is 5180. The molecule has 14 aromatic carbocycles. The van der Waals surface area contributed by atoms with Crippen LogP contribution < -0.4 is 19.3 Å². The maximum absolute atomic E-state index is 15.9. The van der Waals surface area contributed by atoms with Crippen LogP contribution in [0.1, 0.15) is 55.6 Å². The van der Waals surface area contributed by atoms with Crippen LogP contribution >= 0.6 is 0 Å². The smallest absolute Gasteiger partial charge is 0.194 e. The van der Waals surface area contributed by atoms with Gasteiger partial charge in [0.25, 0.3) is 0 Å². The molecule has 4 nitrogen and oxygen atoms in total. The Hall–Kier alpha value is -12.8. The van der Waals surface area contributed by atoms with Crippen LogP contribution in [-0.2, 0) is 10.8 Å². The largest absolute Gasteiger partial charge is 0.457 e. The minimum Gasteiger partial charge on any atom is -0.457 e. The van der Waals surface area contributed by atoms with Gasteiger partial charge in [-0.1, -0.05) is 159 Å². The molecule has 14 aromatic rings. The molecule has 0 aliphatic heterocycles. The van der Waals surface area contributed by atoms with E-state index in [1.807, 2.05) is 216 Å². The van der Waals surface area contributed by atoms with Gasteiger partial charge in [-0.2, -0.15) is 0 Å². The minimum absolute atomic E-state index is 0.148. The van der Waals surface area contributed by atoms with Crippen molar-refractivity contribution < 1.29 is 44.6 Å². The first-order valence-corrected chi connectivity index (χ1v) is 32.8. The highest BCUT2D eigenvalue weighted by Crippen LogP contribution is 2.60. The van der Waals surface area contributed by atoms with Gasteiger partial charge in [0.2, 0.25) is 0 Å². The molecular formula is C90H56F8N2O2. The number of benzene rings is 14. The second-order valence-electron chi connectivity index (χ2n) is 25.1. The molecule has 16 rings (SSSR count). The standard InChI is InChI=1S/C90H56F8N2O2/c1-3-55-13-39-71(40-14-55)101-73-43-21-59(22-44-73)89(61-49-83(93)87(97)84(94)50-61)79-11-7-5-9-75(79)77-47-37-69(53-81(77)89)99(67-33-25-63(91)26-34-67)65-29-17-57(18-30-65)58-19-31-66(32-20-58)100(68-35-27-64(92)28-36-68)70-38-48-78-76-10-6-8-12-80(76)90(82(78)54-70,62-51-85(95)88(98)86(96)52-62)60-23-45-74(46-24-60)102-72-41-15-56(4-2)16-42-72/h3-54H,1-2H2. The summed E-state index contributed by atoms with van der Waals surface area (Å²) in [6, 6.07) is 88.3. The number of anilines is 6. The molecular weight excluding hydrogens is 1290 g/mol. The van der Waals surface area contributed by atoms with E-state index in [9.17, 15) is 8.78 Å². The quantitative estimate of drug-likeness (QED) is 0.0670. The Labute approximate surface area is 583 Å². The zero-order chi connectivity index (χ0) is 70.0. The average Bonchev–Trinajstić information content (AvgIpc) is 1.53. The van der Waals surface area contributed by atoms with Crippen molar-refractivity contribution in [2.45, 2.75) is 10.8 Å². The lowest BCUT2D eigenvalue weighted by molar-refractivity contribution is 0.443. The summed E-state index contributed by atoms with van der Waals surface area (Å²) in [5, 5.41) is 0. The lowest BCUT2D eigenvalue weighted by Gasteiger charge is -2.35. The molecule has 0 fully saturated rings. The van der Waals surface area contributed by atoms with Crippen LogP contribution in [0.15, 0.2) is 316 Å². The van der Waals surface area contributed by atoms with Gasteiger partial charge in [0.15, 0.2) is 34.9 Å². The third kappa shape index (κ3) is 11.0. The van der Waals surface area contributed by atoms with E-state index < -0.39 is 57.4 Å². The number of hydrogen-bond donors (Lipinski definition) is 0. The number of ether oxygens (including phenoxy) is 2. The molecule has 0 amide bonds. The fourth-order valence-corrected chi connectivity index (χ4v) is 14.8. The highest BCUT2D eigenvalue weighted by atomic mass is 19.2. The molecule has 102 heavy (non-hydrogen) atoms. The Kier molecular flexibility index (Phi) is 16.2. The van der Waals surface area contributed by atoms with Crippen LogP contribution in [0.2, 0.25) is 0 Å². The number of halogens is 8. The first-order valence-electron chi connectivity index (χ1n) is 32.8. The molecule has 0 spiro atoms. The van der Waals surface area contributed by atoms with Gasteiger partial charge in [0, 0.05) is 34.1 Å². The van der Waals surface area contributed by atoms with Gasteiger partial charge in [0.05, 0.1) is 10.8 Å². The highest BCUT2D eigenvalue weighted by molar-refractivity contribution is 5.92.